The highest BCUT2D eigenvalue weighted by Gasteiger charge is 2.41. The van der Waals surface area contributed by atoms with E-state index >= 15 is 0 Å². The molecule has 0 spiro atoms. The Labute approximate surface area is 326 Å². The minimum absolute atomic E-state index is 0.0184. The molecule has 6 N–H and O–H groups in total. The molecule has 4 atom stereocenters. The molecule has 1 aliphatic heterocycles. The minimum Gasteiger partial charge on any atom is -0.481 e. The SMILES string of the molecule is CN[C@H](C(=O)NC(C(=O)N(C)C/C=C(\C)C(=O)NC(CCC(=O)NCCN1C(=O)CC(SCCC(=O)O)C1=O)C(=O)O)C(C)(C)C)C(C)(C)c1ccccc1. The number of nitrogens with one attached hydrogen (secondary N) is 4. The molecule has 1 heterocycles. The first kappa shape index (κ1) is 46.4. The van der Waals surface area contributed by atoms with Crippen LogP contribution in [0.25, 0.3) is 0 Å². The lowest BCUT2D eigenvalue weighted by atomic mass is 9.76. The zero-order valence-corrected chi connectivity index (χ0v) is 33.7. The summed E-state index contributed by atoms with van der Waals surface area (Å²) in [5.41, 5.74) is -0.217. The highest BCUT2D eigenvalue weighted by atomic mass is 32.2. The highest BCUT2D eigenvalue weighted by Crippen LogP contribution is 2.29. The molecular weight excluding hydrogens is 733 g/mol. The maximum absolute atomic E-state index is 13.7. The van der Waals surface area contributed by atoms with Crippen LogP contribution in [0.5, 0.6) is 0 Å². The summed E-state index contributed by atoms with van der Waals surface area (Å²) in [6.07, 6.45) is 0.746. The third kappa shape index (κ3) is 13.8. The fourth-order valence-electron chi connectivity index (χ4n) is 5.91. The highest BCUT2D eigenvalue weighted by molar-refractivity contribution is 8.00. The summed E-state index contributed by atoms with van der Waals surface area (Å²) in [5.74, 6) is -5.07. The van der Waals surface area contributed by atoms with Gasteiger partial charge in [-0.3, -0.25) is 38.5 Å². The van der Waals surface area contributed by atoms with Crippen LogP contribution in [0.15, 0.2) is 42.0 Å². The molecule has 0 aromatic heterocycles. The summed E-state index contributed by atoms with van der Waals surface area (Å²) in [4.78, 5) is 103. The molecule has 304 valence electrons. The summed E-state index contributed by atoms with van der Waals surface area (Å²) in [6.45, 7) is 10.7. The van der Waals surface area contributed by atoms with Crippen LogP contribution < -0.4 is 21.3 Å². The van der Waals surface area contributed by atoms with Crippen molar-refractivity contribution in [1.29, 1.82) is 0 Å². The molecular formula is C38H56N6O10S. The van der Waals surface area contributed by atoms with Crippen molar-refractivity contribution >= 4 is 59.1 Å². The standard InChI is InChI=1S/C38H56N6O10S/c1-23(16-19-43(8)35(52)31(37(2,3)4)42-33(50)30(39-7)38(5,6)24-12-10-9-11-13-24)32(49)41-25(36(53)54)14-15-27(45)40-18-20-44-28(46)22-26(34(44)51)55-21-17-29(47)48/h9-13,16,25-26,30-31,39H,14-15,17-22H2,1-8H3,(H,40,45)(H,41,49)(H,42,50)(H,47,48)(H,53,54)/b23-16+/t25?,26?,30-,31?/m1/s1. The molecule has 6 amide bonds. The number of carboxylic acid groups (broad SMARTS) is 2. The second kappa shape index (κ2) is 20.8. The van der Waals surface area contributed by atoms with Gasteiger partial charge < -0.3 is 36.4 Å². The molecule has 1 aliphatic rings. The Morgan fingerprint density at radius 3 is 2.18 bits per heavy atom. The molecule has 55 heavy (non-hydrogen) atoms. The maximum atomic E-state index is 13.7. The van der Waals surface area contributed by atoms with Crippen molar-refractivity contribution in [2.24, 2.45) is 5.41 Å². The van der Waals surface area contributed by atoms with E-state index in [0.29, 0.717) is 0 Å². The summed E-state index contributed by atoms with van der Waals surface area (Å²) >= 11 is 1.09. The number of carboxylic acids is 2. The van der Waals surface area contributed by atoms with Crippen LogP contribution in [0.4, 0.5) is 0 Å². The summed E-state index contributed by atoms with van der Waals surface area (Å²) < 4.78 is 0. The van der Waals surface area contributed by atoms with Gasteiger partial charge in [0.25, 0.3) is 0 Å². The van der Waals surface area contributed by atoms with E-state index in [9.17, 15) is 43.5 Å². The summed E-state index contributed by atoms with van der Waals surface area (Å²) in [5, 5.41) is 28.8. The normalized spacial score (nSPS) is 16.5. The van der Waals surface area contributed by atoms with Gasteiger partial charge in [0.05, 0.1) is 17.7 Å². The number of hydrogen-bond donors (Lipinski definition) is 6. The van der Waals surface area contributed by atoms with Crippen molar-refractivity contribution in [3.8, 4) is 0 Å². The van der Waals surface area contributed by atoms with Gasteiger partial charge in [0, 0.05) is 56.3 Å². The van der Waals surface area contributed by atoms with Gasteiger partial charge in [-0.05, 0) is 31.4 Å². The Balaban J connectivity index is 1.93. The number of carbonyl (C=O) groups excluding carboxylic acids is 6. The number of carbonyl (C=O) groups is 8. The second-order valence-electron chi connectivity index (χ2n) is 15.1. The number of nitrogens with zero attached hydrogens (tertiary/aromatic N) is 2. The summed E-state index contributed by atoms with van der Waals surface area (Å²) in [6, 6.07) is 6.58. The predicted octanol–water partition coefficient (Wildman–Crippen LogP) is 1.29. The molecule has 0 saturated carbocycles. The topological polar surface area (TPSA) is 232 Å². The van der Waals surface area contributed by atoms with Crippen LogP contribution in [0.2, 0.25) is 0 Å². The summed E-state index contributed by atoms with van der Waals surface area (Å²) in [7, 11) is 3.22. The average molecular weight is 789 g/mol. The van der Waals surface area contributed by atoms with E-state index in [2.05, 4.69) is 21.3 Å². The van der Waals surface area contributed by atoms with Crippen molar-refractivity contribution in [3.05, 3.63) is 47.5 Å². The molecule has 1 saturated heterocycles. The monoisotopic (exact) mass is 788 g/mol. The lowest BCUT2D eigenvalue weighted by Crippen LogP contribution is -2.60. The van der Waals surface area contributed by atoms with E-state index in [1.165, 1.54) is 24.9 Å². The van der Waals surface area contributed by atoms with Crippen LogP contribution in [0, 0.1) is 5.41 Å². The fourth-order valence-corrected chi connectivity index (χ4v) is 7.02. The third-order valence-corrected chi connectivity index (χ3v) is 10.6. The van der Waals surface area contributed by atoms with Gasteiger partial charge in [-0.15, -0.1) is 11.8 Å². The van der Waals surface area contributed by atoms with Crippen molar-refractivity contribution in [3.63, 3.8) is 0 Å². The van der Waals surface area contributed by atoms with Gasteiger partial charge in [-0.2, -0.15) is 0 Å². The number of likely N-dealkylation sites (N-methyl/N-ethyl adjacent to an activating group) is 2. The van der Waals surface area contributed by atoms with E-state index in [1.54, 1.807) is 7.05 Å². The molecule has 0 radical (unpaired) electrons. The van der Waals surface area contributed by atoms with Gasteiger partial charge in [0.15, 0.2) is 0 Å². The smallest absolute Gasteiger partial charge is 0.326 e. The van der Waals surface area contributed by atoms with Crippen molar-refractivity contribution < 1.29 is 48.6 Å². The molecule has 1 aromatic rings. The molecule has 1 fully saturated rings. The number of imide groups is 1. The number of aliphatic carboxylic acids is 2. The molecule has 3 unspecified atom stereocenters. The first-order valence-corrected chi connectivity index (χ1v) is 19.1. The number of rotatable bonds is 21. The number of benzene rings is 1. The maximum Gasteiger partial charge on any atom is 0.326 e. The number of likely N-dealkylation sites (tertiary alicyclic amines) is 1. The molecule has 2 rings (SSSR count). The number of thioether (sulfide) groups is 1. The van der Waals surface area contributed by atoms with Crippen LogP contribution in [-0.4, -0.2) is 130 Å². The van der Waals surface area contributed by atoms with Gasteiger partial charge in [0.2, 0.25) is 35.4 Å². The third-order valence-electron chi connectivity index (χ3n) is 9.35. The van der Waals surface area contributed by atoms with E-state index in [0.717, 1.165) is 22.2 Å². The molecule has 0 bridgehead atoms. The second-order valence-corrected chi connectivity index (χ2v) is 16.4. The minimum atomic E-state index is -1.41. The zero-order valence-electron chi connectivity index (χ0n) is 32.9. The Bertz CT molecular complexity index is 1610. The number of amides is 6. The van der Waals surface area contributed by atoms with Crippen molar-refractivity contribution in [2.45, 2.75) is 96.0 Å². The predicted molar refractivity (Wildman–Crippen MR) is 207 cm³/mol. The van der Waals surface area contributed by atoms with Crippen LogP contribution in [-0.2, 0) is 43.8 Å². The quantitative estimate of drug-likeness (QED) is 0.0765. The Morgan fingerprint density at radius 2 is 1.62 bits per heavy atom. The zero-order chi connectivity index (χ0) is 41.7. The molecule has 16 nitrogen and oxygen atoms in total. The molecule has 0 aliphatic carbocycles. The van der Waals surface area contributed by atoms with Crippen LogP contribution in [0.3, 0.4) is 0 Å². The Kier molecular flexibility index (Phi) is 17.5. The van der Waals surface area contributed by atoms with Crippen molar-refractivity contribution in [1.82, 2.24) is 31.1 Å². The lowest BCUT2D eigenvalue weighted by Gasteiger charge is -2.38. The first-order chi connectivity index (χ1) is 25.6. The van der Waals surface area contributed by atoms with Gasteiger partial charge in [-0.1, -0.05) is 71.0 Å². The van der Waals surface area contributed by atoms with Gasteiger partial charge in [0.1, 0.15) is 12.1 Å². The lowest BCUT2D eigenvalue weighted by molar-refractivity contribution is -0.142. The van der Waals surface area contributed by atoms with E-state index < -0.39 is 69.8 Å². The Hall–Kier alpha value is -4.77. The van der Waals surface area contributed by atoms with Crippen LogP contribution >= 0.6 is 11.8 Å². The first-order valence-electron chi connectivity index (χ1n) is 18.0. The van der Waals surface area contributed by atoms with Crippen molar-refractivity contribution in [2.75, 3.05) is 39.5 Å². The van der Waals surface area contributed by atoms with E-state index in [4.69, 9.17) is 5.11 Å². The van der Waals surface area contributed by atoms with Crippen LogP contribution in [0.1, 0.15) is 72.8 Å². The molecule has 17 heteroatoms. The fraction of sp³-hybridized carbons (Fsp3) is 0.579. The van der Waals surface area contributed by atoms with Gasteiger partial charge in [-0.25, -0.2) is 4.79 Å². The largest absolute Gasteiger partial charge is 0.481 e. The van der Waals surface area contributed by atoms with Gasteiger partial charge >= 0.3 is 11.9 Å². The molecule has 1 aromatic carbocycles. The van der Waals surface area contributed by atoms with E-state index in [-0.39, 0.29) is 68.5 Å². The average Bonchev–Trinajstić information content (AvgIpc) is 3.37. The Morgan fingerprint density at radius 1 is 0.982 bits per heavy atom. The number of hydrogen-bond acceptors (Lipinski definition) is 10. The van der Waals surface area contributed by atoms with E-state index in [1.807, 2.05) is 65.0 Å².